The Morgan fingerprint density at radius 2 is 1.75 bits per heavy atom. The lowest BCUT2D eigenvalue weighted by Crippen LogP contribution is -2.31. The number of hydrogen-bond donors (Lipinski definition) is 3. The van der Waals surface area contributed by atoms with Crippen molar-refractivity contribution in [3.05, 3.63) is 47.0 Å². The van der Waals surface area contributed by atoms with Crippen LogP contribution in [0.5, 0.6) is 0 Å². The largest absolute Gasteiger partial charge is 0.512 e. The standard InChI is InChI=1S/C19H30N2.C3H7NO.C2H6/c1-5-20-19(21-16-11-7-6-8-12-16)18(14(2)3)17-13-9-10-15(17)4;1-3(5)2-4;1-2/h5,16,21H,2,6-13H2,1,3-4H3;5H,1-2,4H2;1-2H3/b19-18-,20-5-;;. The molecule has 0 aromatic heterocycles. The monoisotopic (exact) mass is 389 g/mol. The van der Waals surface area contributed by atoms with Crippen LogP contribution in [-0.2, 0) is 0 Å². The number of rotatable bonds is 6. The van der Waals surface area contributed by atoms with Crippen LogP contribution in [0.25, 0.3) is 0 Å². The lowest BCUT2D eigenvalue weighted by Gasteiger charge is -2.26. The molecule has 0 aliphatic heterocycles. The van der Waals surface area contributed by atoms with Gasteiger partial charge in [-0.1, -0.05) is 51.8 Å². The number of aliphatic hydroxyl groups excluding tert-OH is 1. The molecule has 1 saturated carbocycles. The molecule has 0 bridgehead atoms. The maximum Gasteiger partial charge on any atom is 0.133 e. The maximum atomic E-state index is 8.04. The molecule has 2 aliphatic carbocycles. The Balaban J connectivity index is 0.000000906. The van der Waals surface area contributed by atoms with Gasteiger partial charge in [-0.2, -0.15) is 0 Å². The second-order valence-electron chi connectivity index (χ2n) is 7.25. The highest BCUT2D eigenvalue weighted by Gasteiger charge is 2.21. The van der Waals surface area contributed by atoms with Crippen LogP contribution in [0.15, 0.2) is 52.0 Å². The van der Waals surface area contributed by atoms with Gasteiger partial charge in [0.25, 0.3) is 0 Å². The molecule has 0 spiro atoms. The zero-order valence-electron chi connectivity index (χ0n) is 18.9. The molecule has 4 nitrogen and oxygen atoms in total. The zero-order valence-corrected chi connectivity index (χ0v) is 18.9. The van der Waals surface area contributed by atoms with E-state index < -0.39 is 0 Å². The van der Waals surface area contributed by atoms with Crippen molar-refractivity contribution in [1.29, 1.82) is 0 Å². The minimum atomic E-state index is 0.0324. The van der Waals surface area contributed by atoms with Crippen LogP contribution >= 0.6 is 0 Å². The van der Waals surface area contributed by atoms with Crippen LogP contribution in [0.2, 0.25) is 0 Å². The van der Waals surface area contributed by atoms with Crippen LogP contribution in [-0.4, -0.2) is 23.9 Å². The first kappa shape index (κ1) is 26.2. The predicted octanol–water partition coefficient (Wildman–Crippen LogP) is 6.33. The molecule has 4 heteroatoms. The van der Waals surface area contributed by atoms with Crippen LogP contribution in [0.1, 0.15) is 86.0 Å². The van der Waals surface area contributed by atoms with Crippen molar-refractivity contribution in [2.45, 2.75) is 92.0 Å². The first-order valence-electron chi connectivity index (χ1n) is 10.8. The Morgan fingerprint density at radius 1 is 1.18 bits per heavy atom. The summed E-state index contributed by atoms with van der Waals surface area (Å²) in [7, 11) is 0. The number of aliphatic imine (C=N–C) groups is 1. The minimum absolute atomic E-state index is 0.0324. The maximum absolute atomic E-state index is 8.04. The molecule has 160 valence electrons. The fraction of sp³-hybridized carbons (Fsp3) is 0.625. The second-order valence-corrected chi connectivity index (χ2v) is 7.25. The summed E-state index contributed by atoms with van der Waals surface area (Å²) in [6.45, 7) is 17.9. The molecule has 0 amide bonds. The minimum Gasteiger partial charge on any atom is -0.512 e. The SMILES string of the molecule is C=C(C)/C(C1=C(C)CCC1)=C(\N=C/C)NC1CCCCC1.C=C(O)CN.CC. The van der Waals surface area contributed by atoms with Crippen molar-refractivity contribution in [3.63, 3.8) is 0 Å². The highest BCUT2D eigenvalue weighted by atomic mass is 16.3. The van der Waals surface area contributed by atoms with Crippen LogP contribution in [0.3, 0.4) is 0 Å². The van der Waals surface area contributed by atoms with Gasteiger partial charge in [0.1, 0.15) is 5.82 Å². The summed E-state index contributed by atoms with van der Waals surface area (Å²) in [5.74, 6) is 1.08. The summed E-state index contributed by atoms with van der Waals surface area (Å²) in [6.07, 6.45) is 12.2. The van der Waals surface area contributed by atoms with E-state index in [2.05, 4.69) is 37.3 Å². The normalized spacial score (nSPS) is 17.9. The highest BCUT2D eigenvalue weighted by Crippen LogP contribution is 2.35. The molecule has 2 rings (SSSR count). The van der Waals surface area contributed by atoms with Crippen LogP contribution < -0.4 is 11.1 Å². The molecule has 2 aliphatic rings. The average molecular weight is 390 g/mol. The number of hydrogen-bond acceptors (Lipinski definition) is 4. The summed E-state index contributed by atoms with van der Waals surface area (Å²) < 4.78 is 0. The Bertz CT molecular complexity index is 579. The van der Waals surface area contributed by atoms with Gasteiger partial charge in [0, 0.05) is 17.8 Å². The summed E-state index contributed by atoms with van der Waals surface area (Å²) in [5.41, 5.74) is 10.2. The number of nitrogens with one attached hydrogen (secondary N) is 1. The Labute approximate surface area is 173 Å². The molecule has 0 atom stereocenters. The Hall–Kier alpha value is -1.81. The van der Waals surface area contributed by atoms with Gasteiger partial charge in [0.2, 0.25) is 0 Å². The van der Waals surface area contributed by atoms with Crippen molar-refractivity contribution in [2.24, 2.45) is 10.7 Å². The number of nitrogens with zero attached hydrogens (tertiary/aromatic N) is 1. The Kier molecular flexibility index (Phi) is 14.2. The molecular weight excluding hydrogens is 346 g/mol. The van der Waals surface area contributed by atoms with Gasteiger partial charge in [0.05, 0.1) is 12.3 Å². The molecule has 0 unspecified atom stereocenters. The van der Waals surface area contributed by atoms with Gasteiger partial charge >= 0.3 is 0 Å². The smallest absolute Gasteiger partial charge is 0.133 e. The van der Waals surface area contributed by atoms with Crippen LogP contribution in [0.4, 0.5) is 0 Å². The number of aliphatic hydroxyl groups is 1. The quantitative estimate of drug-likeness (QED) is 0.282. The number of allylic oxidation sites excluding steroid dienone is 4. The summed E-state index contributed by atoms with van der Waals surface area (Å²) >= 11 is 0. The van der Waals surface area contributed by atoms with E-state index in [4.69, 9.17) is 10.8 Å². The van der Waals surface area contributed by atoms with Crippen molar-refractivity contribution in [1.82, 2.24) is 5.32 Å². The third-order valence-corrected chi connectivity index (χ3v) is 4.90. The summed E-state index contributed by atoms with van der Waals surface area (Å²) in [6, 6.07) is 0.578. The molecule has 4 N–H and O–H groups in total. The van der Waals surface area contributed by atoms with Gasteiger partial charge < -0.3 is 16.2 Å². The topological polar surface area (TPSA) is 70.6 Å². The van der Waals surface area contributed by atoms with Crippen molar-refractivity contribution < 1.29 is 5.11 Å². The van der Waals surface area contributed by atoms with E-state index in [0.29, 0.717) is 6.04 Å². The molecule has 28 heavy (non-hydrogen) atoms. The van der Waals surface area contributed by atoms with Crippen LogP contribution in [0, 0.1) is 0 Å². The van der Waals surface area contributed by atoms with E-state index in [9.17, 15) is 0 Å². The first-order valence-corrected chi connectivity index (χ1v) is 10.8. The molecule has 0 aromatic carbocycles. The van der Waals surface area contributed by atoms with Gasteiger partial charge in [-0.3, -0.25) is 0 Å². The van der Waals surface area contributed by atoms with E-state index in [-0.39, 0.29) is 12.3 Å². The van der Waals surface area contributed by atoms with E-state index in [0.717, 1.165) is 11.4 Å². The second kappa shape index (κ2) is 15.2. The van der Waals surface area contributed by atoms with Gasteiger partial charge in [-0.25, -0.2) is 4.99 Å². The van der Waals surface area contributed by atoms with Gasteiger partial charge in [-0.05, 0) is 64.0 Å². The van der Waals surface area contributed by atoms with Crippen molar-refractivity contribution in [3.8, 4) is 0 Å². The van der Waals surface area contributed by atoms with E-state index in [1.807, 2.05) is 27.0 Å². The Morgan fingerprint density at radius 3 is 2.14 bits per heavy atom. The highest BCUT2D eigenvalue weighted by molar-refractivity contribution is 5.58. The summed E-state index contributed by atoms with van der Waals surface area (Å²) in [5, 5.41) is 11.8. The molecule has 0 heterocycles. The van der Waals surface area contributed by atoms with E-state index in [1.165, 1.54) is 68.1 Å². The molecule has 0 radical (unpaired) electrons. The lowest BCUT2D eigenvalue weighted by molar-refractivity contribution is 0.395. The molecule has 0 saturated heterocycles. The molecule has 0 aromatic rings. The summed E-state index contributed by atoms with van der Waals surface area (Å²) in [4.78, 5) is 4.67. The molecule has 1 fully saturated rings. The first-order chi connectivity index (χ1) is 13.4. The predicted molar refractivity (Wildman–Crippen MR) is 125 cm³/mol. The zero-order chi connectivity index (χ0) is 21.5. The number of nitrogens with two attached hydrogens (primary N) is 1. The van der Waals surface area contributed by atoms with Crippen molar-refractivity contribution in [2.75, 3.05) is 6.54 Å². The average Bonchev–Trinajstić information content (AvgIpc) is 3.10. The lowest BCUT2D eigenvalue weighted by atomic mass is 9.93. The fourth-order valence-electron chi connectivity index (χ4n) is 3.58. The van der Waals surface area contributed by atoms with Crippen molar-refractivity contribution >= 4 is 6.21 Å². The van der Waals surface area contributed by atoms with E-state index >= 15 is 0 Å². The molecular formula is C24H43N3O. The van der Waals surface area contributed by atoms with Gasteiger partial charge in [0.15, 0.2) is 0 Å². The fourth-order valence-corrected chi connectivity index (χ4v) is 3.58. The van der Waals surface area contributed by atoms with E-state index in [1.54, 1.807) is 0 Å². The third-order valence-electron chi connectivity index (χ3n) is 4.90. The van der Waals surface area contributed by atoms with Gasteiger partial charge in [-0.15, -0.1) is 0 Å². The third kappa shape index (κ3) is 9.41.